The summed E-state index contributed by atoms with van der Waals surface area (Å²) >= 11 is 5.97. The summed E-state index contributed by atoms with van der Waals surface area (Å²) < 4.78 is 28.2. The Balaban J connectivity index is 1.63. The molecule has 0 radical (unpaired) electrons. The van der Waals surface area contributed by atoms with E-state index in [2.05, 4.69) is 5.32 Å². The molecule has 2 amide bonds. The number of halogens is 1. The fourth-order valence-electron chi connectivity index (χ4n) is 4.74. The van der Waals surface area contributed by atoms with E-state index in [0.29, 0.717) is 22.6 Å². The minimum atomic E-state index is -3.90. The fraction of sp³-hybridized carbons (Fsp3) is 0.440. The highest BCUT2D eigenvalue weighted by atomic mass is 35.5. The quantitative estimate of drug-likeness (QED) is 0.610. The summed E-state index contributed by atoms with van der Waals surface area (Å²) in [5.41, 5.74) is 6.96. The Morgan fingerprint density at radius 3 is 2.29 bits per heavy atom. The first-order valence-corrected chi connectivity index (χ1v) is 13.9. The van der Waals surface area contributed by atoms with Crippen LogP contribution in [0.25, 0.3) is 0 Å². The van der Waals surface area contributed by atoms with Gasteiger partial charge in [0.15, 0.2) is 6.17 Å². The normalized spacial score (nSPS) is 23.6. The van der Waals surface area contributed by atoms with Crippen LogP contribution in [0.3, 0.4) is 0 Å². The summed E-state index contributed by atoms with van der Waals surface area (Å²) in [7, 11) is -3.90. The summed E-state index contributed by atoms with van der Waals surface area (Å²) in [5, 5.41) is 3.49. The van der Waals surface area contributed by atoms with E-state index in [1.807, 2.05) is 6.07 Å². The summed E-state index contributed by atoms with van der Waals surface area (Å²) in [4.78, 5) is 28.4. The number of hydrogen-bond acceptors (Lipinski definition) is 5. The van der Waals surface area contributed by atoms with Gasteiger partial charge in [0.05, 0.1) is 5.75 Å². The average Bonchev–Trinajstić information content (AvgIpc) is 2.85. The van der Waals surface area contributed by atoms with E-state index in [0.717, 1.165) is 25.7 Å². The molecule has 188 valence electrons. The zero-order valence-electron chi connectivity index (χ0n) is 19.5. The van der Waals surface area contributed by atoms with Crippen LogP contribution in [0.2, 0.25) is 5.02 Å². The number of amides is 2. The Labute approximate surface area is 211 Å². The number of carbonyl (C=O) groups is 2. The van der Waals surface area contributed by atoms with Gasteiger partial charge in [-0.15, -0.1) is 0 Å². The number of rotatable bonds is 6. The van der Waals surface area contributed by atoms with Gasteiger partial charge in [-0.3, -0.25) is 9.59 Å². The van der Waals surface area contributed by atoms with E-state index < -0.39 is 28.0 Å². The first kappa shape index (κ1) is 25.6. The van der Waals surface area contributed by atoms with Crippen molar-refractivity contribution in [3.63, 3.8) is 0 Å². The van der Waals surface area contributed by atoms with Gasteiger partial charge < -0.3 is 16.0 Å². The predicted molar refractivity (Wildman–Crippen MR) is 135 cm³/mol. The zero-order chi connectivity index (χ0) is 25.0. The minimum absolute atomic E-state index is 0.101. The third-order valence-corrected chi connectivity index (χ3v) is 8.65. The zero-order valence-corrected chi connectivity index (χ0v) is 21.0. The van der Waals surface area contributed by atoms with Gasteiger partial charge in [-0.25, -0.2) is 8.42 Å². The van der Waals surface area contributed by atoms with Crippen molar-refractivity contribution in [2.45, 2.75) is 56.1 Å². The maximum Gasteiger partial charge on any atom is 0.259 e. The van der Waals surface area contributed by atoms with Crippen LogP contribution in [0.1, 0.15) is 48.0 Å². The molecule has 2 aliphatic rings. The van der Waals surface area contributed by atoms with Gasteiger partial charge in [0.1, 0.15) is 0 Å². The Morgan fingerprint density at radius 2 is 1.63 bits per heavy atom. The first-order valence-electron chi connectivity index (χ1n) is 11.9. The topological polar surface area (TPSA) is 113 Å². The fourth-order valence-corrected chi connectivity index (χ4v) is 6.56. The van der Waals surface area contributed by atoms with E-state index in [1.54, 1.807) is 48.5 Å². The molecule has 1 aliphatic carbocycles. The third-order valence-electron chi connectivity index (χ3n) is 6.60. The second-order valence-corrected chi connectivity index (χ2v) is 11.6. The Morgan fingerprint density at radius 1 is 0.971 bits per heavy atom. The Kier molecular flexibility index (Phi) is 8.11. The molecule has 1 aliphatic heterocycles. The van der Waals surface area contributed by atoms with Crippen molar-refractivity contribution in [1.29, 1.82) is 0 Å². The molecular weight excluding hydrogens is 488 g/mol. The van der Waals surface area contributed by atoms with Crippen LogP contribution < -0.4 is 11.1 Å². The smallest absolute Gasteiger partial charge is 0.259 e. The molecule has 4 rings (SSSR count). The minimum Gasteiger partial charge on any atom is -0.350 e. The molecule has 8 nitrogen and oxygen atoms in total. The molecule has 0 aromatic heterocycles. The number of nitrogens with two attached hydrogens (primary N) is 1. The third kappa shape index (κ3) is 6.22. The molecule has 1 saturated carbocycles. The molecule has 0 bridgehead atoms. The van der Waals surface area contributed by atoms with Gasteiger partial charge in [0.2, 0.25) is 10.0 Å². The molecule has 2 aromatic carbocycles. The van der Waals surface area contributed by atoms with Crippen LogP contribution in [-0.2, 0) is 20.6 Å². The highest BCUT2D eigenvalue weighted by Crippen LogP contribution is 2.25. The van der Waals surface area contributed by atoms with Crippen molar-refractivity contribution in [3.05, 3.63) is 70.7 Å². The van der Waals surface area contributed by atoms with Gasteiger partial charge in [0, 0.05) is 35.8 Å². The second kappa shape index (κ2) is 11.1. The molecule has 2 aromatic rings. The summed E-state index contributed by atoms with van der Waals surface area (Å²) in [6.07, 6.45) is 2.19. The van der Waals surface area contributed by atoms with Crippen molar-refractivity contribution < 1.29 is 18.0 Å². The van der Waals surface area contributed by atoms with Crippen molar-refractivity contribution in [3.8, 4) is 0 Å². The van der Waals surface area contributed by atoms with Gasteiger partial charge in [-0.1, -0.05) is 41.9 Å². The Hall–Kier alpha value is -2.46. The number of carbonyl (C=O) groups excluding carboxylic acids is 2. The maximum atomic E-state index is 13.6. The van der Waals surface area contributed by atoms with Gasteiger partial charge in [0.25, 0.3) is 11.8 Å². The number of sulfonamides is 1. The summed E-state index contributed by atoms with van der Waals surface area (Å²) in [6.45, 7) is 0.430. The predicted octanol–water partition coefficient (Wildman–Crippen LogP) is 2.73. The molecule has 1 unspecified atom stereocenters. The summed E-state index contributed by atoms with van der Waals surface area (Å²) in [5.74, 6) is -1.14. The van der Waals surface area contributed by atoms with Gasteiger partial charge in [-0.05, 0) is 61.9 Å². The largest absolute Gasteiger partial charge is 0.350 e. The van der Waals surface area contributed by atoms with E-state index in [1.165, 1.54) is 9.21 Å². The van der Waals surface area contributed by atoms with Crippen LogP contribution in [0.15, 0.2) is 54.6 Å². The van der Waals surface area contributed by atoms with E-state index in [9.17, 15) is 18.0 Å². The van der Waals surface area contributed by atoms with Gasteiger partial charge in [-0.2, -0.15) is 4.31 Å². The average molecular weight is 519 g/mol. The van der Waals surface area contributed by atoms with Crippen molar-refractivity contribution in [2.75, 3.05) is 13.1 Å². The van der Waals surface area contributed by atoms with E-state index >= 15 is 0 Å². The number of nitrogens with one attached hydrogen (secondary N) is 1. The molecule has 2 fully saturated rings. The molecule has 0 spiro atoms. The molecule has 3 N–H and O–H groups in total. The second-order valence-electron chi connectivity index (χ2n) is 9.21. The first-order chi connectivity index (χ1) is 16.7. The SMILES string of the molecule is NC1CCC(NC(=O)C2N(C(=O)c3ccc(Cl)cc3)CCCN2S(=O)(=O)Cc2ccccc2)CC1. The lowest BCUT2D eigenvalue weighted by Crippen LogP contribution is -2.64. The maximum absolute atomic E-state index is 13.6. The molecule has 10 heteroatoms. The standard InChI is InChI=1S/C25H31ClN4O4S/c26-20-9-7-19(8-10-20)25(32)29-15-4-16-30(35(33,34)17-18-5-2-1-3-6-18)24(29)23(31)28-22-13-11-21(27)12-14-22/h1-3,5-10,21-22,24H,4,11-17,27H2,(H,28,31). The lowest BCUT2D eigenvalue weighted by atomic mass is 9.92. The van der Waals surface area contributed by atoms with E-state index in [-0.39, 0.29) is 30.9 Å². The Bertz CT molecular complexity index is 1140. The van der Waals surface area contributed by atoms with Crippen LogP contribution in [-0.4, -0.2) is 60.8 Å². The van der Waals surface area contributed by atoms with Crippen LogP contribution in [0, 0.1) is 0 Å². The van der Waals surface area contributed by atoms with E-state index in [4.69, 9.17) is 17.3 Å². The van der Waals surface area contributed by atoms with Crippen LogP contribution in [0.4, 0.5) is 0 Å². The van der Waals surface area contributed by atoms with Gasteiger partial charge >= 0.3 is 0 Å². The molecule has 1 atom stereocenters. The molecule has 1 saturated heterocycles. The van der Waals surface area contributed by atoms with Crippen LogP contribution in [0.5, 0.6) is 0 Å². The molecule has 35 heavy (non-hydrogen) atoms. The highest BCUT2D eigenvalue weighted by molar-refractivity contribution is 7.88. The monoisotopic (exact) mass is 518 g/mol. The number of benzene rings is 2. The van der Waals surface area contributed by atoms with Crippen molar-refractivity contribution >= 4 is 33.4 Å². The molecule has 1 heterocycles. The highest BCUT2D eigenvalue weighted by Gasteiger charge is 2.44. The van der Waals surface area contributed by atoms with Crippen molar-refractivity contribution in [1.82, 2.24) is 14.5 Å². The molecular formula is C25H31ClN4O4S. The van der Waals surface area contributed by atoms with Crippen LogP contribution >= 0.6 is 11.6 Å². The lowest BCUT2D eigenvalue weighted by molar-refractivity contribution is -0.132. The summed E-state index contributed by atoms with van der Waals surface area (Å²) in [6, 6.07) is 15.2. The number of hydrogen-bond donors (Lipinski definition) is 2. The van der Waals surface area contributed by atoms with Crippen molar-refractivity contribution in [2.24, 2.45) is 5.73 Å². The lowest BCUT2D eigenvalue weighted by Gasteiger charge is -2.42. The number of nitrogens with zero attached hydrogens (tertiary/aromatic N) is 2.